The Morgan fingerprint density at radius 1 is 1.31 bits per heavy atom. The number of hydrogen-bond acceptors (Lipinski definition) is 5. The smallest absolute Gasteiger partial charge is 0.259 e. The lowest BCUT2D eigenvalue weighted by atomic mass is 10.0. The summed E-state index contributed by atoms with van der Waals surface area (Å²) in [4.78, 5) is 16.6. The number of aliphatic hydroxyl groups is 1. The van der Waals surface area contributed by atoms with Crippen LogP contribution in [0.3, 0.4) is 0 Å². The second-order valence-corrected chi connectivity index (χ2v) is 7.29. The SMILES string of the molecule is CCN(CCO)c1ccc(/C=N\NC(=O)CN2CCCc3ccccc32)c(C)c1. The van der Waals surface area contributed by atoms with Crippen LogP contribution in [0.4, 0.5) is 11.4 Å². The van der Waals surface area contributed by atoms with E-state index >= 15 is 0 Å². The van der Waals surface area contributed by atoms with E-state index in [0.29, 0.717) is 13.1 Å². The molecule has 0 radical (unpaired) electrons. The summed E-state index contributed by atoms with van der Waals surface area (Å²) in [5.74, 6) is -0.118. The topological polar surface area (TPSA) is 68.2 Å². The van der Waals surface area contributed by atoms with Crippen molar-refractivity contribution >= 4 is 23.5 Å². The summed E-state index contributed by atoms with van der Waals surface area (Å²) < 4.78 is 0. The van der Waals surface area contributed by atoms with Gasteiger partial charge in [-0.3, -0.25) is 4.79 Å². The zero-order valence-electron chi connectivity index (χ0n) is 17.3. The van der Waals surface area contributed by atoms with Crippen molar-refractivity contribution in [3.8, 4) is 0 Å². The fourth-order valence-corrected chi connectivity index (χ4v) is 3.75. The van der Waals surface area contributed by atoms with Gasteiger partial charge in [0.2, 0.25) is 0 Å². The molecule has 154 valence electrons. The average Bonchev–Trinajstić information content (AvgIpc) is 2.73. The molecule has 0 aromatic heterocycles. The highest BCUT2D eigenvalue weighted by atomic mass is 16.3. The fourth-order valence-electron chi connectivity index (χ4n) is 3.75. The Balaban J connectivity index is 1.58. The van der Waals surface area contributed by atoms with Crippen LogP contribution in [-0.2, 0) is 11.2 Å². The lowest BCUT2D eigenvalue weighted by Crippen LogP contribution is -2.38. The maximum Gasteiger partial charge on any atom is 0.259 e. The summed E-state index contributed by atoms with van der Waals surface area (Å²) >= 11 is 0. The van der Waals surface area contributed by atoms with Gasteiger partial charge in [0.25, 0.3) is 5.91 Å². The van der Waals surface area contributed by atoms with E-state index in [2.05, 4.69) is 45.4 Å². The Kier molecular flexibility index (Phi) is 7.25. The van der Waals surface area contributed by atoms with Crippen molar-refractivity contribution < 1.29 is 9.90 Å². The molecule has 0 atom stereocenters. The number of likely N-dealkylation sites (N-methyl/N-ethyl adjacent to an activating group) is 1. The lowest BCUT2D eigenvalue weighted by Gasteiger charge is -2.30. The van der Waals surface area contributed by atoms with Crippen molar-refractivity contribution in [3.63, 3.8) is 0 Å². The van der Waals surface area contributed by atoms with Gasteiger partial charge in [0, 0.05) is 31.0 Å². The third-order valence-corrected chi connectivity index (χ3v) is 5.30. The number of carbonyl (C=O) groups is 1. The van der Waals surface area contributed by atoms with E-state index in [1.807, 2.05) is 31.2 Å². The number of aryl methyl sites for hydroxylation is 2. The van der Waals surface area contributed by atoms with Crippen LogP contribution in [-0.4, -0.2) is 50.0 Å². The van der Waals surface area contributed by atoms with Gasteiger partial charge in [-0.15, -0.1) is 0 Å². The van der Waals surface area contributed by atoms with Gasteiger partial charge in [-0.05, 0) is 61.6 Å². The van der Waals surface area contributed by atoms with Crippen molar-refractivity contribution in [1.82, 2.24) is 5.43 Å². The molecule has 0 fully saturated rings. The van der Waals surface area contributed by atoms with Crippen LogP contribution >= 0.6 is 0 Å². The molecule has 6 nitrogen and oxygen atoms in total. The first kappa shape index (κ1) is 20.9. The average molecular weight is 395 g/mol. The van der Waals surface area contributed by atoms with Crippen molar-refractivity contribution in [1.29, 1.82) is 0 Å². The summed E-state index contributed by atoms with van der Waals surface area (Å²) in [5.41, 5.74) is 8.20. The molecule has 1 heterocycles. The summed E-state index contributed by atoms with van der Waals surface area (Å²) in [6, 6.07) is 14.3. The van der Waals surface area contributed by atoms with Crippen LogP contribution in [0.5, 0.6) is 0 Å². The normalized spacial score (nSPS) is 13.4. The Labute approximate surface area is 172 Å². The molecule has 2 aromatic carbocycles. The second-order valence-electron chi connectivity index (χ2n) is 7.29. The number of carbonyl (C=O) groups excluding carboxylic acids is 1. The molecular formula is C23H30N4O2. The number of fused-ring (bicyclic) bond motifs is 1. The minimum atomic E-state index is -0.118. The highest BCUT2D eigenvalue weighted by Crippen LogP contribution is 2.26. The van der Waals surface area contributed by atoms with Gasteiger partial charge in [-0.2, -0.15) is 5.10 Å². The molecule has 0 aliphatic carbocycles. The Morgan fingerprint density at radius 3 is 2.90 bits per heavy atom. The fraction of sp³-hybridized carbons (Fsp3) is 0.391. The van der Waals surface area contributed by atoms with Crippen molar-refractivity contribution in [2.24, 2.45) is 5.10 Å². The van der Waals surface area contributed by atoms with Gasteiger partial charge < -0.3 is 14.9 Å². The highest BCUT2D eigenvalue weighted by Gasteiger charge is 2.18. The molecule has 0 unspecified atom stereocenters. The monoisotopic (exact) mass is 394 g/mol. The predicted molar refractivity (Wildman–Crippen MR) is 119 cm³/mol. The molecule has 3 rings (SSSR count). The minimum absolute atomic E-state index is 0.118. The maximum atomic E-state index is 12.4. The van der Waals surface area contributed by atoms with E-state index in [-0.39, 0.29) is 12.5 Å². The molecule has 2 aromatic rings. The molecule has 2 N–H and O–H groups in total. The lowest BCUT2D eigenvalue weighted by molar-refractivity contribution is -0.119. The van der Waals surface area contributed by atoms with E-state index in [0.717, 1.165) is 48.4 Å². The predicted octanol–water partition coefficient (Wildman–Crippen LogP) is 2.72. The van der Waals surface area contributed by atoms with Crippen LogP contribution in [0.2, 0.25) is 0 Å². The van der Waals surface area contributed by atoms with Crippen molar-refractivity contribution in [2.75, 3.05) is 42.6 Å². The van der Waals surface area contributed by atoms with Gasteiger partial charge in [0.1, 0.15) is 0 Å². The maximum absolute atomic E-state index is 12.4. The van der Waals surface area contributed by atoms with Gasteiger partial charge >= 0.3 is 0 Å². The minimum Gasteiger partial charge on any atom is -0.395 e. The number of para-hydroxylation sites is 1. The van der Waals surface area contributed by atoms with Gasteiger partial charge in [0.15, 0.2) is 0 Å². The van der Waals surface area contributed by atoms with Gasteiger partial charge in [0.05, 0.1) is 19.4 Å². The first-order chi connectivity index (χ1) is 14.1. The zero-order chi connectivity index (χ0) is 20.6. The molecule has 1 aliphatic heterocycles. The number of hydrogen-bond donors (Lipinski definition) is 2. The van der Waals surface area contributed by atoms with E-state index in [1.165, 1.54) is 5.56 Å². The Morgan fingerprint density at radius 2 is 2.14 bits per heavy atom. The molecule has 6 heteroatoms. The molecule has 29 heavy (non-hydrogen) atoms. The second kappa shape index (κ2) is 10.1. The highest BCUT2D eigenvalue weighted by molar-refractivity contribution is 5.86. The van der Waals surface area contributed by atoms with Crippen LogP contribution in [0, 0.1) is 6.92 Å². The van der Waals surface area contributed by atoms with Crippen LogP contribution in [0.15, 0.2) is 47.6 Å². The number of aliphatic hydroxyl groups excluding tert-OH is 1. The molecule has 0 bridgehead atoms. The number of nitrogens with zero attached hydrogens (tertiary/aromatic N) is 3. The van der Waals surface area contributed by atoms with Crippen LogP contribution in [0.25, 0.3) is 0 Å². The number of nitrogens with one attached hydrogen (secondary N) is 1. The Hall–Kier alpha value is -2.86. The van der Waals surface area contributed by atoms with E-state index in [1.54, 1.807) is 6.21 Å². The zero-order valence-corrected chi connectivity index (χ0v) is 17.3. The van der Waals surface area contributed by atoms with E-state index in [4.69, 9.17) is 0 Å². The van der Waals surface area contributed by atoms with Crippen molar-refractivity contribution in [3.05, 3.63) is 59.2 Å². The van der Waals surface area contributed by atoms with E-state index < -0.39 is 0 Å². The first-order valence-electron chi connectivity index (χ1n) is 10.2. The quantitative estimate of drug-likeness (QED) is 0.534. The van der Waals surface area contributed by atoms with Gasteiger partial charge in [-0.1, -0.05) is 24.3 Å². The third kappa shape index (κ3) is 5.35. The van der Waals surface area contributed by atoms with Gasteiger partial charge in [-0.25, -0.2) is 5.43 Å². The third-order valence-electron chi connectivity index (χ3n) is 5.30. The number of hydrazone groups is 1. The molecule has 0 spiro atoms. The van der Waals surface area contributed by atoms with Crippen LogP contribution < -0.4 is 15.2 Å². The summed E-state index contributed by atoms with van der Waals surface area (Å²) in [6.07, 6.45) is 3.81. The summed E-state index contributed by atoms with van der Waals surface area (Å²) in [7, 11) is 0. The standard InChI is InChI=1S/C23H30N4O2/c1-3-26(13-14-28)21-11-10-20(18(2)15-21)16-24-25-23(29)17-27-12-6-8-19-7-4-5-9-22(19)27/h4-5,7,9-11,15-16,28H,3,6,8,12-14,17H2,1-2H3,(H,25,29)/b24-16-. The Bertz CT molecular complexity index is 866. The molecule has 1 aliphatic rings. The number of rotatable bonds is 8. The molecule has 0 saturated heterocycles. The largest absolute Gasteiger partial charge is 0.395 e. The number of benzene rings is 2. The molecule has 1 amide bonds. The molecule has 0 saturated carbocycles. The number of anilines is 2. The summed E-state index contributed by atoms with van der Waals surface area (Å²) in [5, 5.41) is 13.3. The van der Waals surface area contributed by atoms with Crippen LogP contribution in [0.1, 0.15) is 30.0 Å². The summed E-state index contributed by atoms with van der Waals surface area (Å²) in [6.45, 7) is 6.85. The first-order valence-corrected chi connectivity index (χ1v) is 10.2. The molecular weight excluding hydrogens is 364 g/mol. The van der Waals surface area contributed by atoms with Crippen molar-refractivity contribution in [2.45, 2.75) is 26.7 Å². The number of amides is 1. The van der Waals surface area contributed by atoms with E-state index in [9.17, 15) is 9.90 Å².